The fourth-order valence-electron chi connectivity index (χ4n) is 2.30. The Morgan fingerprint density at radius 1 is 1.12 bits per heavy atom. The topological polar surface area (TPSA) is 91.5 Å². The predicted molar refractivity (Wildman–Crippen MR) is 112 cm³/mol. The van der Waals surface area contributed by atoms with Gasteiger partial charge in [0.15, 0.2) is 5.96 Å². The van der Waals surface area contributed by atoms with E-state index in [2.05, 4.69) is 39.4 Å². The Morgan fingerprint density at radius 3 is 2.44 bits per heavy atom. The minimum atomic E-state index is 0. The molecule has 0 radical (unpaired) electrons. The second kappa shape index (κ2) is 11.5. The summed E-state index contributed by atoms with van der Waals surface area (Å²) in [7, 11) is 1.66. The highest BCUT2D eigenvalue weighted by Crippen LogP contribution is 2.23. The lowest BCUT2D eigenvalue weighted by Gasteiger charge is -2.20. The SMILES string of the molecule is CCN(CC)c1nc(NCCNC(N)=NC)c2ccccc2n1.Cl.Cl. The highest BCUT2D eigenvalue weighted by Gasteiger charge is 2.11. The largest absolute Gasteiger partial charge is 0.370 e. The number of para-hydroxylation sites is 1. The first kappa shape index (κ1) is 23.0. The van der Waals surface area contributed by atoms with Gasteiger partial charge in [-0.15, -0.1) is 24.8 Å². The number of nitrogens with two attached hydrogens (primary N) is 1. The van der Waals surface area contributed by atoms with Crippen molar-refractivity contribution in [1.29, 1.82) is 0 Å². The van der Waals surface area contributed by atoms with E-state index in [-0.39, 0.29) is 24.8 Å². The van der Waals surface area contributed by atoms with Crippen LogP contribution in [0.15, 0.2) is 29.3 Å². The summed E-state index contributed by atoms with van der Waals surface area (Å²) in [4.78, 5) is 15.4. The van der Waals surface area contributed by atoms with E-state index in [0.717, 1.165) is 35.8 Å². The molecule has 140 valence electrons. The molecular weight excluding hydrogens is 361 g/mol. The van der Waals surface area contributed by atoms with Crippen LogP contribution in [0.1, 0.15) is 13.8 Å². The maximum absolute atomic E-state index is 5.62. The third-order valence-electron chi connectivity index (χ3n) is 3.60. The molecule has 0 aliphatic carbocycles. The van der Waals surface area contributed by atoms with E-state index in [4.69, 9.17) is 10.7 Å². The Labute approximate surface area is 161 Å². The zero-order valence-electron chi connectivity index (χ0n) is 14.8. The molecule has 7 nitrogen and oxygen atoms in total. The van der Waals surface area contributed by atoms with E-state index in [1.54, 1.807) is 7.05 Å². The van der Waals surface area contributed by atoms with E-state index < -0.39 is 0 Å². The van der Waals surface area contributed by atoms with Crippen LogP contribution in [0.4, 0.5) is 11.8 Å². The van der Waals surface area contributed by atoms with Crippen molar-refractivity contribution in [2.75, 3.05) is 43.4 Å². The van der Waals surface area contributed by atoms with E-state index >= 15 is 0 Å². The standard InChI is InChI=1S/C16H25N7.2ClH/c1-4-23(5-2)16-21-13-9-7-6-8-12(13)14(22-16)19-10-11-20-15(17)18-3;;/h6-9H,4-5,10-11H2,1-3H3,(H3,17,18,20)(H,19,21,22);2*1H. The Balaban J connectivity index is 0.00000288. The Hall–Kier alpha value is -1.99. The molecule has 25 heavy (non-hydrogen) atoms. The molecule has 0 bridgehead atoms. The fraction of sp³-hybridized carbons (Fsp3) is 0.438. The number of hydrogen-bond acceptors (Lipinski definition) is 5. The number of benzene rings is 1. The van der Waals surface area contributed by atoms with Gasteiger partial charge in [0.1, 0.15) is 5.82 Å². The van der Waals surface area contributed by atoms with Crippen molar-refractivity contribution < 1.29 is 0 Å². The lowest BCUT2D eigenvalue weighted by atomic mass is 10.2. The van der Waals surface area contributed by atoms with Gasteiger partial charge in [0, 0.05) is 38.6 Å². The van der Waals surface area contributed by atoms with Crippen molar-refractivity contribution in [2.45, 2.75) is 13.8 Å². The molecule has 1 aromatic heterocycles. The summed E-state index contributed by atoms with van der Waals surface area (Å²) in [6.45, 7) is 7.31. The summed E-state index contributed by atoms with van der Waals surface area (Å²) in [6.07, 6.45) is 0. The van der Waals surface area contributed by atoms with Crippen LogP contribution in [-0.4, -0.2) is 49.2 Å². The third-order valence-corrected chi connectivity index (χ3v) is 3.60. The Bertz CT molecular complexity index is 675. The highest BCUT2D eigenvalue weighted by molar-refractivity contribution is 5.90. The van der Waals surface area contributed by atoms with Gasteiger partial charge < -0.3 is 21.3 Å². The summed E-state index contributed by atoms with van der Waals surface area (Å²) >= 11 is 0. The second-order valence-electron chi connectivity index (χ2n) is 5.02. The van der Waals surface area contributed by atoms with Gasteiger partial charge in [-0.05, 0) is 26.0 Å². The van der Waals surface area contributed by atoms with E-state index in [1.165, 1.54) is 0 Å². The van der Waals surface area contributed by atoms with Gasteiger partial charge in [-0.1, -0.05) is 12.1 Å². The monoisotopic (exact) mass is 387 g/mol. The van der Waals surface area contributed by atoms with Gasteiger partial charge in [0.2, 0.25) is 5.95 Å². The van der Waals surface area contributed by atoms with Crippen LogP contribution < -0.4 is 21.3 Å². The normalized spacial score (nSPS) is 10.6. The van der Waals surface area contributed by atoms with Gasteiger partial charge >= 0.3 is 0 Å². The maximum Gasteiger partial charge on any atom is 0.227 e. The number of rotatable bonds is 7. The number of halogens is 2. The number of fused-ring (bicyclic) bond motifs is 1. The molecule has 2 rings (SSSR count). The molecule has 0 unspecified atom stereocenters. The van der Waals surface area contributed by atoms with Crippen molar-refractivity contribution >= 4 is 53.4 Å². The number of nitrogens with one attached hydrogen (secondary N) is 2. The molecule has 0 aliphatic heterocycles. The number of anilines is 2. The zero-order chi connectivity index (χ0) is 16.7. The number of aromatic nitrogens is 2. The Kier molecular flexibility index (Phi) is 10.6. The Morgan fingerprint density at radius 2 is 1.80 bits per heavy atom. The van der Waals surface area contributed by atoms with Crippen molar-refractivity contribution in [3.05, 3.63) is 24.3 Å². The summed E-state index contributed by atoms with van der Waals surface area (Å²) in [5.74, 6) is 2.02. The molecule has 0 saturated carbocycles. The van der Waals surface area contributed by atoms with Crippen molar-refractivity contribution in [3.8, 4) is 0 Å². The fourth-order valence-corrected chi connectivity index (χ4v) is 2.30. The van der Waals surface area contributed by atoms with Gasteiger partial charge in [-0.3, -0.25) is 4.99 Å². The van der Waals surface area contributed by atoms with E-state index in [1.807, 2.05) is 24.3 Å². The van der Waals surface area contributed by atoms with Crippen molar-refractivity contribution in [3.63, 3.8) is 0 Å². The summed E-state index contributed by atoms with van der Waals surface area (Å²) in [6, 6.07) is 8.02. The first-order chi connectivity index (χ1) is 11.2. The zero-order valence-corrected chi connectivity index (χ0v) is 16.5. The van der Waals surface area contributed by atoms with Gasteiger partial charge in [-0.25, -0.2) is 4.98 Å². The first-order valence-electron chi connectivity index (χ1n) is 7.91. The van der Waals surface area contributed by atoms with Crippen LogP contribution in [0.3, 0.4) is 0 Å². The number of guanidine groups is 1. The van der Waals surface area contributed by atoms with Crippen molar-refractivity contribution in [2.24, 2.45) is 10.7 Å². The molecule has 4 N–H and O–H groups in total. The summed E-state index contributed by atoms with van der Waals surface area (Å²) in [5.41, 5.74) is 6.56. The molecule has 0 amide bonds. The third kappa shape index (κ3) is 6.10. The van der Waals surface area contributed by atoms with Crippen molar-refractivity contribution in [1.82, 2.24) is 15.3 Å². The number of aliphatic imine (C=N–C) groups is 1. The van der Waals surface area contributed by atoms with E-state index in [0.29, 0.717) is 19.0 Å². The lowest BCUT2D eigenvalue weighted by molar-refractivity contribution is 0.824. The quantitative estimate of drug-likeness (QED) is 0.383. The average Bonchev–Trinajstić information content (AvgIpc) is 2.59. The minimum absolute atomic E-state index is 0. The molecule has 0 saturated heterocycles. The summed E-state index contributed by atoms with van der Waals surface area (Å²) < 4.78 is 0. The van der Waals surface area contributed by atoms with Crippen LogP contribution in [0.5, 0.6) is 0 Å². The summed E-state index contributed by atoms with van der Waals surface area (Å²) in [5, 5.41) is 7.40. The highest BCUT2D eigenvalue weighted by atomic mass is 35.5. The molecule has 9 heteroatoms. The molecule has 1 aromatic carbocycles. The number of hydrogen-bond donors (Lipinski definition) is 3. The minimum Gasteiger partial charge on any atom is -0.370 e. The first-order valence-corrected chi connectivity index (χ1v) is 7.91. The second-order valence-corrected chi connectivity index (χ2v) is 5.02. The average molecular weight is 388 g/mol. The molecule has 0 atom stereocenters. The van der Waals surface area contributed by atoms with Crippen LogP contribution in [-0.2, 0) is 0 Å². The molecular formula is C16H27Cl2N7. The molecule has 1 heterocycles. The van der Waals surface area contributed by atoms with Crippen LogP contribution in [0, 0.1) is 0 Å². The molecule has 0 spiro atoms. The van der Waals surface area contributed by atoms with Gasteiger partial charge in [0.25, 0.3) is 0 Å². The predicted octanol–water partition coefficient (Wildman–Crippen LogP) is 2.27. The van der Waals surface area contributed by atoms with Gasteiger partial charge in [0.05, 0.1) is 5.52 Å². The molecule has 0 aliphatic rings. The van der Waals surface area contributed by atoms with Gasteiger partial charge in [-0.2, -0.15) is 4.98 Å². The molecule has 2 aromatic rings. The maximum atomic E-state index is 5.62. The van der Waals surface area contributed by atoms with Crippen LogP contribution >= 0.6 is 24.8 Å². The molecule has 0 fully saturated rings. The lowest BCUT2D eigenvalue weighted by Crippen LogP contribution is -2.35. The number of nitrogens with zero attached hydrogens (tertiary/aromatic N) is 4. The van der Waals surface area contributed by atoms with E-state index in [9.17, 15) is 0 Å². The van der Waals surface area contributed by atoms with Crippen LogP contribution in [0.2, 0.25) is 0 Å². The van der Waals surface area contributed by atoms with Crippen LogP contribution in [0.25, 0.3) is 10.9 Å². The smallest absolute Gasteiger partial charge is 0.227 e.